The van der Waals surface area contributed by atoms with E-state index in [1.54, 1.807) is 12.1 Å². The lowest BCUT2D eigenvalue weighted by Crippen LogP contribution is -2.41. The Morgan fingerprint density at radius 3 is 2.65 bits per heavy atom. The van der Waals surface area contributed by atoms with Crippen molar-refractivity contribution in [3.8, 4) is 5.69 Å². The van der Waals surface area contributed by atoms with Crippen LogP contribution in [0.1, 0.15) is 28.8 Å². The number of amides is 1. The summed E-state index contributed by atoms with van der Waals surface area (Å²) in [5, 5.41) is 3.50. The fourth-order valence-corrected chi connectivity index (χ4v) is 3.93. The van der Waals surface area contributed by atoms with Crippen molar-refractivity contribution in [1.29, 1.82) is 0 Å². The molecular formula is C23H24N5O3+. The molecule has 1 saturated heterocycles. The summed E-state index contributed by atoms with van der Waals surface area (Å²) in [7, 11) is 0. The second-order valence-electron chi connectivity index (χ2n) is 8.29. The van der Waals surface area contributed by atoms with E-state index in [1.165, 1.54) is 10.9 Å². The number of nitrogens with zero attached hydrogens (tertiary/aromatic N) is 4. The molecule has 1 N–H and O–H groups in total. The number of aryl methyl sites for hydroxylation is 1. The van der Waals surface area contributed by atoms with Gasteiger partial charge in [0.1, 0.15) is 6.33 Å². The highest BCUT2D eigenvalue weighted by molar-refractivity contribution is 5.95. The molecule has 31 heavy (non-hydrogen) atoms. The minimum Gasteiger partial charge on any atom is -0.358 e. The lowest BCUT2D eigenvalue weighted by Gasteiger charge is -2.24. The average molecular weight is 418 g/mol. The van der Waals surface area contributed by atoms with Gasteiger partial charge in [-0.1, -0.05) is 6.07 Å². The molecule has 1 aliphatic carbocycles. The van der Waals surface area contributed by atoms with Crippen molar-refractivity contribution in [1.82, 2.24) is 14.9 Å². The van der Waals surface area contributed by atoms with Crippen LogP contribution in [-0.2, 0) is 0 Å². The first-order chi connectivity index (χ1) is 15.0. The number of carbonyl (C=O) groups is 1. The fourth-order valence-electron chi connectivity index (χ4n) is 3.93. The molecule has 0 radical (unpaired) electrons. The molecule has 1 aliphatic heterocycles. The molecule has 0 unspecified atom stereocenters. The summed E-state index contributed by atoms with van der Waals surface area (Å²) in [6.07, 6.45) is 3.56. The van der Waals surface area contributed by atoms with Crippen molar-refractivity contribution in [2.24, 2.45) is 0 Å². The Bertz CT molecular complexity index is 1250. The van der Waals surface area contributed by atoms with Crippen molar-refractivity contribution < 1.29 is 9.55 Å². The Morgan fingerprint density at radius 1 is 1.13 bits per heavy atom. The van der Waals surface area contributed by atoms with Crippen LogP contribution in [0, 0.1) is 11.8 Å². The van der Waals surface area contributed by atoms with Gasteiger partial charge in [-0.05, 0) is 55.7 Å². The number of benzene rings is 2. The molecule has 8 heteroatoms. The molecule has 0 bridgehead atoms. The second-order valence-corrected chi connectivity index (χ2v) is 8.29. The van der Waals surface area contributed by atoms with E-state index < -0.39 is 0 Å². The van der Waals surface area contributed by atoms with Crippen LogP contribution in [0.3, 0.4) is 0 Å². The van der Waals surface area contributed by atoms with E-state index in [0.29, 0.717) is 48.3 Å². The van der Waals surface area contributed by atoms with E-state index >= 15 is 0 Å². The minimum absolute atomic E-state index is 0.120. The zero-order chi connectivity index (χ0) is 21.5. The Balaban J connectivity index is 1.54. The maximum Gasteiger partial charge on any atom is 0.265 e. The first-order valence-electron chi connectivity index (χ1n) is 10.6. The summed E-state index contributed by atoms with van der Waals surface area (Å²) in [6, 6.07) is 11.3. The normalized spacial score (nSPS) is 16.5. The lowest BCUT2D eigenvalue weighted by molar-refractivity contribution is -0.550. The molecule has 158 valence electrons. The van der Waals surface area contributed by atoms with Crippen molar-refractivity contribution >= 4 is 22.5 Å². The monoisotopic (exact) mass is 418 g/mol. The highest BCUT2D eigenvalue weighted by atomic mass is 16.3. The molecule has 8 nitrogen and oxygen atoms in total. The third-order valence-corrected chi connectivity index (χ3v) is 5.99. The van der Waals surface area contributed by atoms with Gasteiger partial charge in [-0.2, -0.15) is 0 Å². The fraction of sp³-hybridized carbons (Fsp3) is 0.348. The molecule has 2 aliphatic rings. The summed E-state index contributed by atoms with van der Waals surface area (Å²) < 4.78 is 2.56. The standard InChI is InChI=1S/C23H23N5O3/c1-15-2-3-16(22(29)25-17-4-5-17)12-21(15)28-14-24-20-7-6-18(13-19(20)23(28)30)26-8-10-27(31)11-9-26/h2-3,6-7,12-14,17H,4-5,8-11H2,1H3/p+1. The van der Waals surface area contributed by atoms with Gasteiger partial charge in [-0.25, -0.2) is 4.98 Å². The van der Waals surface area contributed by atoms with Gasteiger partial charge in [0, 0.05) is 27.0 Å². The first-order valence-corrected chi connectivity index (χ1v) is 10.6. The lowest BCUT2D eigenvalue weighted by atomic mass is 10.1. The SMILES string of the molecule is Cc1ccc(C(=O)NC2CC2)cc1-n1cnc2ccc(N3CC[N+](=O)CC3)cc2c1=O. The quantitative estimate of drug-likeness (QED) is 0.657. The summed E-state index contributed by atoms with van der Waals surface area (Å²) in [4.78, 5) is 43.9. The molecule has 1 amide bonds. The molecule has 1 aromatic heterocycles. The van der Waals surface area contributed by atoms with E-state index in [1.807, 2.05) is 31.2 Å². The molecule has 5 rings (SSSR count). The number of fused-ring (bicyclic) bond motifs is 1. The van der Waals surface area contributed by atoms with E-state index in [2.05, 4.69) is 15.2 Å². The molecule has 1 saturated carbocycles. The highest BCUT2D eigenvalue weighted by Crippen LogP contribution is 2.22. The molecule has 2 aromatic carbocycles. The number of piperazine rings is 1. The Labute approximate surface area is 179 Å². The molecule has 0 spiro atoms. The van der Waals surface area contributed by atoms with Crippen LogP contribution in [0.15, 0.2) is 47.5 Å². The maximum atomic E-state index is 13.4. The van der Waals surface area contributed by atoms with E-state index in [9.17, 15) is 14.5 Å². The summed E-state index contributed by atoms with van der Waals surface area (Å²) in [5.74, 6) is -0.120. The topological polar surface area (TPSA) is 87.3 Å². The van der Waals surface area contributed by atoms with Gasteiger partial charge in [0.2, 0.25) is 13.1 Å². The van der Waals surface area contributed by atoms with E-state index in [4.69, 9.17) is 0 Å². The number of hydrogen-bond acceptors (Lipinski definition) is 5. The zero-order valence-corrected chi connectivity index (χ0v) is 17.4. The van der Waals surface area contributed by atoms with Crippen molar-refractivity contribution in [2.45, 2.75) is 25.8 Å². The molecule has 3 aromatic rings. The van der Waals surface area contributed by atoms with Crippen LogP contribution < -0.4 is 15.8 Å². The average Bonchev–Trinajstić information content (AvgIpc) is 3.59. The van der Waals surface area contributed by atoms with Crippen LogP contribution >= 0.6 is 0 Å². The first kappa shape index (κ1) is 19.4. The third kappa shape index (κ3) is 3.81. The van der Waals surface area contributed by atoms with Crippen LogP contribution in [-0.4, -0.2) is 52.4 Å². The van der Waals surface area contributed by atoms with Crippen LogP contribution in [0.5, 0.6) is 0 Å². The van der Waals surface area contributed by atoms with Gasteiger partial charge in [-0.15, -0.1) is 0 Å². The Kier molecular flexibility index (Phi) is 4.77. The van der Waals surface area contributed by atoms with Gasteiger partial charge >= 0.3 is 0 Å². The zero-order valence-electron chi connectivity index (χ0n) is 17.4. The predicted molar refractivity (Wildman–Crippen MR) is 118 cm³/mol. The third-order valence-electron chi connectivity index (χ3n) is 5.99. The number of nitrogens with one attached hydrogen (secondary N) is 1. The van der Waals surface area contributed by atoms with Crippen LogP contribution in [0.4, 0.5) is 5.69 Å². The van der Waals surface area contributed by atoms with E-state index in [-0.39, 0.29) is 17.5 Å². The molecule has 0 atom stereocenters. The van der Waals surface area contributed by atoms with Crippen molar-refractivity contribution in [3.05, 3.63) is 69.1 Å². The summed E-state index contributed by atoms with van der Waals surface area (Å²) >= 11 is 0. The van der Waals surface area contributed by atoms with Gasteiger partial charge in [0.15, 0.2) is 0 Å². The van der Waals surface area contributed by atoms with Crippen molar-refractivity contribution in [3.63, 3.8) is 0 Å². The van der Waals surface area contributed by atoms with E-state index in [0.717, 1.165) is 28.9 Å². The van der Waals surface area contributed by atoms with Gasteiger partial charge in [-0.3, -0.25) is 14.2 Å². The minimum atomic E-state index is -0.183. The summed E-state index contributed by atoms with van der Waals surface area (Å²) in [5.41, 5.74) is 3.40. The maximum absolute atomic E-state index is 13.4. The number of rotatable bonds is 4. The van der Waals surface area contributed by atoms with Gasteiger partial charge < -0.3 is 10.2 Å². The van der Waals surface area contributed by atoms with Crippen LogP contribution in [0.25, 0.3) is 16.6 Å². The second kappa shape index (κ2) is 7.61. The highest BCUT2D eigenvalue weighted by Gasteiger charge is 2.24. The number of nitroso groups, excluding NO2 is 1. The number of carbonyl (C=O) groups excluding carboxylic acids is 1. The Hall–Kier alpha value is -3.55. The Morgan fingerprint density at radius 2 is 1.90 bits per heavy atom. The number of aromatic nitrogens is 2. The number of hydrogen-bond donors (Lipinski definition) is 1. The number of anilines is 1. The summed E-state index contributed by atoms with van der Waals surface area (Å²) in [6.45, 7) is 4.06. The van der Waals surface area contributed by atoms with Gasteiger partial charge in [0.25, 0.3) is 11.5 Å². The predicted octanol–water partition coefficient (Wildman–Crippen LogP) is 2.19. The van der Waals surface area contributed by atoms with Gasteiger partial charge in [0.05, 0.1) is 29.7 Å². The largest absolute Gasteiger partial charge is 0.358 e. The molecular weight excluding hydrogens is 394 g/mol. The van der Waals surface area contributed by atoms with Crippen LogP contribution in [0.2, 0.25) is 0 Å². The molecule has 2 heterocycles. The van der Waals surface area contributed by atoms with Crippen molar-refractivity contribution in [2.75, 3.05) is 31.1 Å². The molecule has 2 fully saturated rings. The smallest absolute Gasteiger partial charge is 0.265 e.